The van der Waals surface area contributed by atoms with E-state index in [-0.39, 0.29) is 40.4 Å². The molecule has 18 nitrogen and oxygen atoms in total. The summed E-state index contributed by atoms with van der Waals surface area (Å²) in [5.74, 6) is 1.35. The van der Waals surface area contributed by atoms with Gasteiger partial charge in [0.2, 0.25) is 0 Å². The average Bonchev–Trinajstić information content (AvgIpc) is 3.74. The number of anilines is 2. The number of fused-ring (bicyclic) bond motifs is 5. The average molecular weight is 738 g/mol. The molecule has 0 aromatic carbocycles. The van der Waals surface area contributed by atoms with E-state index in [9.17, 15) is 19.0 Å². The minimum atomic E-state index is -4.65. The van der Waals surface area contributed by atoms with E-state index < -0.39 is 81.4 Å². The first-order chi connectivity index (χ1) is 22.2. The maximum atomic E-state index is 16.0. The van der Waals surface area contributed by atoms with Gasteiger partial charge in [-0.25, -0.2) is 0 Å². The molecular weight excluding hydrogens is 710 g/mol. The van der Waals surface area contributed by atoms with E-state index >= 15 is 4.39 Å². The molecule has 7 heterocycles. The van der Waals surface area contributed by atoms with Crippen LogP contribution in [0.3, 0.4) is 0 Å². The number of nitrogens with one attached hydrogen (secondary N) is 1. The third kappa shape index (κ3) is 5.73. The second-order valence-electron chi connectivity index (χ2n) is 10.9. The number of terminal acetylenes is 1. The summed E-state index contributed by atoms with van der Waals surface area (Å²) in [6.45, 7) is -1.29. The number of thiol groups is 2. The van der Waals surface area contributed by atoms with E-state index in [1.54, 1.807) is 0 Å². The van der Waals surface area contributed by atoms with Crippen LogP contribution in [0.25, 0.3) is 22.2 Å². The predicted molar refractivity (Wildman–Crippen MR) is 170 cm³/mol. The quantitative estimate of drug-likeness (QED) is 0.0858. The summed E-state index contributed by atoms with van der Waals surface area (Å²) in [7, 11) is -9.14. The summed E-state index contributed by atoms with van der Waals surface area (Å²) in [4.78, 5) is 53.1. The SMILES string of the molecule is C#CC12CO[PH](O)(S)OC3[C@H](n4cnc5c(=O)[nH]c(N)nc54)O[C@H](CO[PH](O)(S)O[C@H]1C[C@H](n1cc(F)c4c(N)ncnc41)O2)[C@H]3F. The van der Waals surface area contributed by atoms with Crippen LogP contribution in [0.2, 0.25) is 0 Å². The van der Waals surface area contributed by atoms with Gasteiger partial charge in [-0.3, -0.25) is 0 Å². The van der Waals surface area contributed by atoms with Crippen LogP contribution in [-0.4, -0.2) is 87.1 Å². The molecule has 4 aromatic rings. The van der Waals surface area contributed by atoms with Gasteiger partial charge in [-0.05, 0) is 0 Å². The van der Waals surface area contributed by atoms with E-state index in [0.29, 0.717) is 0 Å². The number of imidazole rings is 1. The fraction of sp³-hybridized carbons (Fsp3) is 0.435. The van der Waals surface area contributed by atoms with Crippen molar-refractivity contribution in [2.24, 2.45) is 0 Å². The Morgan fingerprint density at radius 1 is 1.15 bits per heavy atom. The van der Waals surface area contributed by atoms with Crippen LogP contribution < -0.4 is 17.0 Å². The van der Waals surface area contributed by atoms with E-state index in [2.05, 4.69) is 55.3 Å². The number of nitrogens with two attached hydrogens (primary N) is 2. The van der Waals surface area contributed by atoms with Crippen molar-refractivity contribution in [1.82, 2.24) is 34.1 Å². The van der Waals surface area contributed by atoms with E-state index in [1.165, 1.54) is 9.13 Å². The molecule has 47 heavy (non-hydrogen) atoms. The van der Waals surface area contributed by atoms with E-state index in [4.69, 9.17) is 45.5 Å². The van der Waals surface area contributed by atoms with Crippen molar-refractivity contribution >= 4 is 72.8 Å². The zero-order chi connectivity index (χ0) is 33.5. The van der Waals surface area contributed by atoms with Crippen LogP contribution >= 0.6 is 38.8 Å². The number of hydrogen-bond donors (Lipinski definition) is 7. The number of ether oxygens (including phenoxy) is 2. The fourth-order valence-corrected chi connectivity index (χ4v) is 9.10. The van der Waals surface area contributed by atoms with Gasteiger partial charge < -0.3 is 0 Å². The fourth-order valence-electron chi connectivity index (χ4n) is 5.76. The van der Waals surface area contributed by atoms with E-state index in [1.807, 2.05) is 0 Å². The minimum absolute atomic E-state index is 0.0573. The van der Waals surface area contributed by atoms with Gasteiger partial charge in [0.1, 0.15) is 0 Å². The van der Waals surface area contributed by atoms with Crippen LogP contribution in [0, 0.1) is 18.2 Å². The number of nitrogen functional groups attached to an aromatic ring is 2. The molecule has 3 aliphatic heterocycles. The van der Waals surface area contributed by atoms with Crippen molar-refractivity contribution in [1.29, 1.82) is 0 Å². The molecule has 2 unspecified atom stereocenters. The van der Waals surface area contributed by atoms with Gasteiger partial charge in [0.25, 0.3) is 0 Å². The molecule has 7 rings (SSSR count). The number of rotatable bonds is 2. The zero-order valence-electron chi connectivity index (χ0n) is 23.6. The first kappa shape index (κ1) is 32.8. The number of halogens is 2. The predicted octanol–water partition coefficient (Wildman–Crippen LogP) is 0.876. The molecule has 0 aliphatic carbocycles. The topological polar surface area (TPSA) is 242 Å². The van der Waals surface area contributed by atoms with Crippen molar-refractivity contribution in [3.63, 3.8) is 0 Å². The molecule has 2 bridgehead atoms. The normalized spacial score (nSPS) is 33.7. The Hall–Kier alpha value is -2.77. The van der Waals surface area contributed by atoms with Gasteiger partial charge in [-0.15, -0.1) is 0 Å². The van der Waals surface area contributed by atoms with Crippen LogP contribution in [0.1, 0.15) is 18.9 Å². The molecule has 0 radical (unpaired) electrons. The summed E-state index contributed by atoms with van der Waals surface area (Å²) in [5.41, 5.74) is 8.88. The molecule has 24 heteroatoms. The maximum absolute atomic E-state index is 16.0. The Balaban J connectivity index is 1.23. The number of alkyl halides is 1. The second kappa shape index (κ2) is 11.7. The molecular formula is C23H27F2N9O9P2S2. The van der Waals surface area contributed by atoms with Crippen molar-refractivity contribution in [3.8, 4) is 12.3 Å². The number of aromatic nitrogens is 7. The molecule has 254 valence electrons. The first-order valence-corrected chi connectivity index (χ1v) is 19.8. The summed E-state index contributed by atoms with van der Waals surface area (Å²) in [6.07, 6.45) is 0.318. The Morgan fingerprint density at radius 3 is 2.68 bits per heavy atom. The number of H-pyrrole nitrogens is 1. The van der Waals surface area contributed by atoms with Crippen LogP contribution in [0.5, 0.6) is 0 Å². The van der Waals surface area contributed by atoms with Crippen molar-refractivity contribution in [2.45, 2.75) is 49.0 Å². The first-order valence-electron chi connectivity index (χ1n) is 13.7. The molecule has 3 aliphatic rings. The molecule has 0 saturated carbocycles. The monoisotopic (exact) mass is 737 g/mol. The molecule has 7 N–H and O–H groups in total. The van der Waals surface area contributed by atoms with Crippen molar-refractivity contribution in [2.75, 3.05) is 24.7 Å². The number of nitrogens with zero attached hydrogens (tertiary/aromatic N) is 6. The molecule has 4 aromatic heterocycles. The van der Waals surface area contributed by atoms with Crippen LogP contribution in [0.15, 0.2) is 23.6 Å². The summed E-state index contributed by atoms with van der Waals surface area (Å²) >= 11 is 8.40. The van der Waals surface area contributed by atoms with Crippen molar-refractivity contribution in [3.05, 3.63) is 35.0 Å². The molecule has 0 amide bonds. The third-order valence-corrected chi connectivity index (χ3v) is 11.6. The van der Waals surface area contributed by atoms with Gasteiger partial charge in [0.05, 0.1) is 0 Å². The zero-order valence-corrected chi connectivity index (χ0v) is 27.4. The van der Waals surface area contributed by atoms with E-state index in [0.717, 1.165) is 18.9 Å². The summed E-state index contributed by atoms with van der Waals surface area (Å²) < 4.78 is 68.4. The third-order valence-electron chi connectivity index (χ3n) is 7.91. The van der Waals surface area contributed by atoms with Gasteiger partial charge in [-0.2, -0.15) is 0 Å². The Kier molecular flexibility index (Phi) is 8.14. The van der Waals surface area contributed by atoms with Crippen LogP contribution in [0.4, 0.5) is 20.5 Å². The van der Waals surface area contributed by atoms with Gasteiger partial charge in [0.15, 0.2) is 0 Å². The summed E-state index contributed by atoms with van der Waals surface area (Å²) in [5, 5.41) is -0.0573. The second-order valence-corrected chi connectivity index (χ2v) is 17.5. The van der Waals surface area contributed by atoms with Gasteiger partial charge in [-0.1, -0.05) is 0 Å². The van der Waals surface area contributed by atoms with Crippen LogP contribution in [-0.2, 0) is 27.6 Å². The van der Waals surface area contributed by atoms with Crippen molar-refractivity contribution < 1.29 is 46.1 Å². The number of hydrogen-bond acceptors (Lipinski definition) is 17. The molecule has 3 saturated heterocycles. The Labute approximate surface area is 273 Å². The molecule has 7 atom stereocenters. The number of aromatic amines is 1. The van der Waals surface area contributed by atoms with Gasteiger partial charge >= 0.3 is 274 Å². The standard InChI is InChI=1S/C23H27F2N9O9P2S2/c1-2-23-6-39-45(37,47)43-16-14(25)10(40-21(16)34-8-30-15-19(34)31-22(27)32-20(15)35)5-38-44(36,46)42-11(23)3-12(41-23)33-4-9(24)13-17(26)28-7-29-18(13)33/h1,4,7-8,10-12,14,16,21,36-37,44-47H,3,5-6H2,(H2,26,28,29)(H3,27,31,32,35)/t10-,11+,12-,14-,16?,21-,23?/m1/s1. The van der Waals surface area contributed by atoms with Gasteiger partial charge in [0, 0.05) is 0 Å². The molecule has 3 fully saturated rings. The summed E-state index contributed by atoms with van der Waals surface area (Å²) in [6, 6.07) is 0. The Morgan fingerprint density at radius 2 is 1.91 bits per heavy atom. The molecule has 0 spiro atoms. The Bertz CT molecular complexity index is 1980.